The first kappa shape index (κ1) is 25.3. The number of aliphatic hydroxyl groups excluding tert-OH is 5. The Hall–Kier alpha value is -0.320. The fraction of sp³-hybridized carbons (Fsp3) is 1.00. The average molecular weight is 484 g/mol. The first-order chi connectivity index (χ1) is 16.0. The number of ether oxygens (including phenoxy) is 2. The average Bonchev–Trinajstić information content (AvgIpc) is 3.09. The zero-order valence-corrected chi connectivity index (χ0v) is 20.8. The van der Waals surface area contributed by atoms with Gasteiger partial charge >= 0.3 is 0 Å². The summed E-state index contributed by atoms with van der Waals surface area (Å²) in [6, 6.07) is 0. The summed E-state index contributed by atoms with van der Waals surface area (Å²) in [6.07, 6.45) is 1.34. The molecular formula is C26H45NO7. The van der Waals surface area contributed by atoms with Gasteiger partial charge in [-0.2, -0.15) is 0 Å². The number of aliphatic hydroxyl groups is 5. The predicted octanol–water partition coefficient (Wildman–Crippen LogP) is 0.902. The van der Waals surface area contributed by atoms with Crippen molar-refractivity contribution in [2.45, 2.75) is 121 Å². The van der Waals surface area contributed by atoms with Gasteiger partial charge in [-0.15, -0.1) is 0 Å². The fourth-order valence-corrected chi connectivity index (χ4v) is 9.14. The van der Waals surface area contributed by atoms with Crippen LogP contribution in [-0.4, -0.2) is 80.6 Å². The lowest BCUT2D eigenvalue weighted by Crippen LogP contribution is -2.70. The lowest BCUT2D eigenvalue weighted by Gasteiger charge is -2.65. The van der Waals surface area contributed by atoms with Gasteiger partial charge in [0.15, 0.2) is 6.29 Å². The van der Waals surface area contributed by atoms with E-state index in [0.717, 1.165) is 51.4 Å². The van der Waals surface area contributed by atoms with E-state index in [2.05, 4.69) is 13.8 Å². The molecule has 1 aliphatic heterocycles. The summed E-state index contributed by atoms with van der Waals surface area (Å²) < 4.78 is 11.9. The quantitative estimate of drug-likeness (QED) is 0.325. The second kappa shape index (κ2) is 8.62. The van der Waals surface area contributed by atoms with Crippen molar-refractivity contribution in [3.05, 3.63) is 0 Å². The molecule has 4 aliphatic carbocycles. The van der Waals surface area contributed by atoms with E-state index in [1.54, 1.807) is 6.92 Å². The minimum atomic E-state index is -1.29. The van der Waals surface area contributed by atoms with E-state index < -0.39 is 47.8 Å². The smallest absolute Gasteiger partial charge is 0.186 e. The van der Waals surface area contributed by atoms with E-state index in [-0.39, 0.29) is 24.0 Å². The van der Waals surface area contributed by atoms with Crippen LogP contribution in [0.1, 0.15) is 72.1 Å². The first-order valence-corrected chi connectivity index (χ1v) is 13.4. The molecule has 14 atom stereocenters. The van der Waals surface area contributed by atoms with E-state index in [4.69, 9.17) is 15.2 Å². The Labute approximate surface area is 202 Å². The van der Waals surface area contributed by atoms with Gasteiger partial charge in [-0.05, 0) is 87.4 Å². The zero-order valence-electron chi connectivity index (χ0n) is 20.8. The van der Waals surface area contributed by atoms with Crippen molar-refractivity contribution in [2.75, 3.05) is 6.61 Å². The Bertz CT molecular complexity index is 769. The SMILES string of the molecule is C[C@@H]1O[C@@H](O[C@H]2CC[C@@]3(C)[C@H](CC[C@@H]4[C@@H]3C[C@@H](O)[C@]3(C)[C@@H](CO)CC[C@]43N)C2)[C@H](O)[C@H](O)[C@H]1O. The van der Waals surface area contributed by atoms with E-state index in [1.165, 1.54) is 0 Å². The van der Waals surface area contributed by atoms with Gasteiger partial charge in [0.2, 0.25) is 0 Å². The molecule has 0 aromatic rings. The van der Waals surface area contributed by atoms with Crippen molar-refractivity contribution in [3.63, 3.8) is 0 Å². The molecule has 7 N–H and O–H groups in total. The fourth-order valence-electron chi connectivity index (χ4n) is 9.14. The molecule has 5 rings (SSSR count). The van der Waals surface area contributed by atoms with Crippen LogP contribution in [0.3, 0.4) is 0 Å². The van der Waals surface area contributed by atoms with Crippen LogP contribution < -0.4 is 5.73 Å². The summed E-state index contributed by atoms with van der Waals surface area (Å²) in [5.41, 5.74) is 6.38. The second-order valence-corrected chi connectivity index (χ2v) is 12.7. The first-order valence-electron chi connectivity index (χ1n) is 13.4. The Morgan fingerprint density at radius 3 is 2.35 bits per heavy atom. The molecule has 0 amide bonds. The molecule has 0 spiro atoms. The van der Waals surface area contributed by atoms with Crippen molar-refractivity contribution in [1.82, 2.24) is 0 Å². The van der Waals surface area contributed by atoms with Gasteiger partial charge in [-0.25, -0.2) is 0 Å². The number of hydrogen-bond acceptors (Lipinski definition) is 8. The van der Waals surface area contributed by atoms with Crippen LogP contribution in [0.2, 0.25) is 0 Å². The van der Waals surface area contributed by atoms with Gasteiger partial charge in [0, 0.05) is 17.6 Å². The molecule has 0 radical (unpaired) electrons. The molecule has 0 bridgehead atoms. The van der Waals surface area contributed by atoms with E-state index in [9.17, 15) is 25.5 Å². The van der Waals surface area contributed by atoms with E-state index >= 15 is 0 Å². The van der Waals surface area contributed by atoms with Crippen LogP contribution >= 0.6 is 0 Å². The highest BCUT2D eigenvalue weighted by Gasteiger charge is 2.69. The molecule has 5 fully saturated rings. The maximum atomic E-state index is 11.4. The summed E-state index contributed by atoms with van der Waals surface area (Å²) in [5, 5.41) is 51.9. The minimum Gasteiger partial charge on any atom is -0.396 e. The minimum absolute atomic E-state index is 0.0568. The van der Waals surface area contributed by atoms with Gasteiger partial charge in [0.1, 0.15) is 18.3 Å². The number of fused-ring (bicyclic) bond motifs is 5. The molecule has 0 unspecified atom stereocenters. The van der Waals surface area contributed by atoms with Crippen molar-refractivity contribution in [2.24, 2.45) is 40.2 Å². The van der Waals surface area contributed by atoms with Gasteiger partial charge < -0.3 is 40.7 Å². The number of rotatable bonds is 3. The van der Waals surface area contributed by atoms with Crippen LogP contribution in [0, 0.1) is 34.5 Å². The van der Waals surface area contributed by atoms with Crippen molar-refractivity contribution in [3.8, 4) is 0 Å². The maximum Gasteiger partial charge on any atom is 0.186 e. The van der Waals surface area contributed by atoms with Gasteiger partial charge in [0.05, 0.1) is 18.3 Å². The molecule has 0 aromatic heterocycles. The van der Waals surface area contributed by atoms with Crippen LogP contribution in [0.25, 0.3) is 0 Å². The Morgan fingerprint density at radius 2 is 1.65 bits per heavy atom. The van der Waals surface area contributed by atoms with E-state index in [1.807, 2.05) is 0 Å². The second-order valence-electron chi connectivity index (χ2n) is 12.7. The third kappa shape index (κ3) is 3.40. The third-order valence-electron chi connectivity index (χ3n) is 11.6. The molecule has 0 aromatic carbocycles. The van der Waals surface area contributed by atoms with Crippen LogP contribution in [-0.2, 0) is 9.47 Å². The number of nitrogens with two attached hydrogens (primary N) is 1. The standard InChI is InChI=1S/C26H45NO7/c1-13-20(30)21(31)22(32)23(33-13)34-16-7-8-24(2)14(10-16)4-5-17-18(24)11-19(29)25(3)15(12-28)6-9-26(17,25)27/h13-23,28-32H,4-12,27H2,1-3H3/t13-,14+,15+,16-,17+,18-,19+,20-,21+,22+,23-,24-,25-,26-/m0/s1. The van der Waals surface area contributed by atoms with Crippen LogP contribution in [0.4, 0.5) is 0 Å². The largest absolute Gasteiger partial charge is 0.396 e. The van der Waals surface area contributed by atoms with Gasteiger partial charge in [0.25, 0.3) is 0 Å². The third-order valence-corrected chi connectivity index (χ3v) is 11.6. The molecule has 8 heteroatoms. The molecule has 34 heavy (non-hydrogen) atoms. The highest BCUT2D eigenvalue weighted by molar-refractivity contribution is 5.21. The molecule has 1 saturated heterocycles. The summed E-state index contributed by atoms with van der Waals surface area (Å²) in [7, 11) is 0. The van der Waals surface area contributed by atoms with Crippen molar-refractivity contribution in [1.29, 1.82) is 0 Å². The summed E-state index contributed by atoms with van der Waals surface area (Å²) in [5.74, 6) is 1.17. The molecular weight excluding hydrogens is 438 g/mol. The predicted molar refractivity (Wildman–Crippen MR) is 124 cm³/mol. The molecule has 196 valence electrons. The monoisotopic (exact) mass is 483 g/mol. The highest BCUT2D eigenvalue weighted by Crippen LogP contribution is 2.68. The maximum absolute atomic E-state index is 11.4. The Morgan fingerprint density at radius 1 is 0.912 bits per heavy atom. The molecule has 8 nitrogen and oxygen atoms in total. The topological polar surface area (TPSA) is 146 Å². The summed E-state index contributed by atoms with van der Waals surface area (Å²) >= 11 is 0. The zero-order chi connectivity index (χ0) is 24.6. The van der Waals surface area contributed by atoms with Crippen molar-refractivity contribution < 1.29 is 35.0 Å². The van der Waals surface area contributed by atoms with Gasteiger partial charge in [-0.3, -0.25) is 0 Å². The Balaban J connectivity index is 1.31. The molecule has 4 saturated carbocycles. The van der Waals surface area contributed by atoms with Crippen LogP contribution in [0.5, 0.6) is 0 Å². The lowest BCUT2D eigenvalue weighted by molar-refractivity contribution is -0.310. The van der Waals surface area contributed by atoms with Crippen LogP contribution in [0.15, 0.2) is 0 Å². The number of hydrogen-bond donors (Lipinski definition) is 6. The Kier molecular flexibility index (Phi) is 6.42. The summed E-state index contributed by atoms with van der Waals surface area (Å²) in [6.45, 7) is 6.24. The van der Waals surface area contributed by atoms with Crippen molar-refractivity contribution >= 4 is 0 Å². The lowest BCUT2D eigenvalue weighted by atomic mass is 9.42. The summed E-state index contributed by atoms with van der Waals surface area (Å²) in [4.78, 5) is 0. The highest BCUT2D eigenvalue weighted by atomic mass is 16.7. The van der Waals surface area contributed by atoms with E-state index in [0.29, 0.717) is 17.8 Å². The molecule has 5 aliphatic rings. The molecule has 1 heterocycles. The normalized spacial score (nSPS) is 59.7. The van der Waals surface area contributed by atoms with Gasteiger partial charge in [-0.1, -0.05) is 13.8 Å².